The number of hydrogen-bond donors (Lipinski definition) is 1. The van der Waals surface area contributed by atoms with Gasteiger partial charge in [-0.3, -0.25) is 0 Å². The predicted molar refractivity (Wildman–Crippen MR) is 68.8 cm³/mol. The van der Waals surface area contributed by atoms with Gasteiger partial charge in [0.1, 0.15) is 0 Å². The van der Waals surface area contributed by atoms with E-state index in [0.29, 0.717) is 12.1 Å². The van der Waals surface area contributed by atoms with Crippen molar-refractivity contribution in [1.82, 2.24) is 10.2 Å². The lowest BCUT2D eigenvalue weighted by Crippen LogP contribution is -2.35. The van der Waals surface area contributed by atoms with Crippen molar-refractivity contribution in [1.29, 1.82) is 0 Å². The molecule has 0 spiro atoms. The van der Waals surface area contributed by atoms with Gasteiger partial charge in [0.2, 0.25) is 0 Å². The van der Waals surface area contributed by atoms with Crippen LogP contribution in [0.2, 0.25) is 0 Å². The zero-order chi connectivity index (χ0) is 11.8. The smallest absolute Gasteiger partial charge is 0.0590 e. The fourth-order valence-corrected chi connectivity index (χ4v) is 2.32. The molecule has 0 aromatic heterocycles. The number of rotatable bonds is 6. The van der Waals surface area contributed by atoms with Crippen LogP contribution >= 0.6 is 0 Å². The van der Waals surface area contributed by atoms with Gasteiger partial charge in [0.05, 0.1) is 6.61 Å². The zero-order valence-corrected chi connectivity index (χ0v) is 11.2. The second kappa shape index (κ2) is 8.04. The Hall–Kier alpha value is -0.120. The summed E-state index contributed by atoms with van der Waals surface area (Å²) >= 11 is 0. The van der Waals surface area contributed by atoms with Crippen molar-refractivity contribution < 1.29 is 4.74 Å². The minimum atomic E-state index is 0.696. The summed E-state index contributed by atoms with van der Waals surface area (Å²) in [6.45, 7) is 11.8. The van der Waals surface area contributed by atoms with Crippen LogP contribution in [0.4, 0.5) is 0 Å². The summed E-state index contributed by atoms with van der Waals surface area (Å²) in [5.74, 6) is 0. The molecule has 0 aliphatic carbocycles. The molecule has 16 heavy (non-hydrogen) atoms. The lowest BCUT2D eigenvalue weighted by molar-refractivity contribution is 0.146. The molecule has 1 unspecified atom stereocenters. The first kappa shape index (κ1) is 13.9. The molecule has 1 saturated heterocycles. The van der Waals surface area contributed by atoms with Gasteiger partial charge in [-0.2, -0.15) is 0 Å². The maximum Gasteiger partial charge on any atom is 0.0590 e. The number of nitrogens with one attached hydrogen (secondary N) is 1. The second-order valence-corrected chi connectivity index (χ2v) is 4.91. The van der Waals surface area contributed by atoms with Crippen LogP contribution in [0.15, 0.2) is 0 Å². The largest absolute Gasteiger partial charge is 0.380 e. The minimum absolute atomic E-state index is 0.696. The average Bonchev–Trinajstić information content (AvgIpc) is 2.50. The molecule has 0 amide bonds. The number of ether oxygens (including phenoxy) is 1. The maximum atomic E-state index is 5.34. The van der Waals surface area contributed by atoms with Crippen LogP contribution in [0.1, 0.15) is 40.0 Å². The first-order valence-corrected chi connectivity index (χ1v) is 6.79. The first-order valence-electron chi connectivity index (χ1n) is 6.79. The lowest BCUT2D eigenvalue weighted by Gasteiger charge is -2.24. The number of hydrogen-bond acceptors (Lipinski definition) is 3. The Bertz CT molecular complexity index is 173. The molecule has 3 nitrogen and oxygen atoms in total. The van der Waals surface area contributed by atoms with E-state index in [2.05, 4.69) is 24.1 Å². The van der Waals surface area contributed by atoms with E-state index in [1.807, 2.05) is 6.92 Å². The van der Waals surface area contributed by atoms with E-state index >= 15 is 0 Å². The van der Waals surface area contributed by atoms with E-state index in [1.54, 1.807) is 0 Å². The third kappa shape index (κ3) is 5.28. The molecule has 0 bridgehead atoms. The van der Waals surface area contributed by atoms with E-state index in [0.717, 1.165) is 19.8 Å². The van der Waals surface area contributed by atoms with Crippen molar-refractivity contribution in [2.75, 3.05) is 32.8 Å². The third-order valence-corrected chi connectivity index (χ3v) is 3.38. The van der Waals surface area contributed by atoms with Crippen LogP contribution in [0.25, 0.3) is 0 Å². The van der Waals surface area contributed by atoms with Gasteiger partial charge in [-0.15, -0.1) is 0 Å². The highest BCUT2D eigenvalue weighted by atomic mass is 16.5. The molecule has 1 heterocycles. The fraction of sp³-hybridized carbons (Fsp3) is 1.00. The van der Waals surface area contributed by atoms with Crippen molar-refractivity contribution in [3.63, 3.8) is 0 Å². The van der Waals surface area contributed by atoms with E-state index in [-0.39, 0.29) is 0 Å². The van der Waals surface area contributed by atoms with E-state index in [9.17, 15) is 0 Å². The normalized spacial score (nSPS) is 23.6. The molecule has 3 heteroatoms. The Labute approximate surface area is 101 Å². The Morgan fingerprint density at radius 3 is 2.81 bits per heavy atom. The summed E-state index contributed by atoms with van der Waals surface area (Å²) in [4.78, 5) is 2.59. The third-order valence-electron chi connectivity index (χ3n) is 3.38. The van der Waals surface area contributed by atoms with Crippen LogP contribution in [-0.2, 0) is 4.74 Å². The second-order valence-electron chi connectivity index (χ2n) is 4.91. The Morgan fingerprint density at radius 1 is 1.31 bits per heavy atom. The highest BCUT2D eigenvalue weighted by Crippen LogP contribution is 2.12. The molecular formula is C13H28N2O. The SMILES string of the molecule is CCOCCNC1CCCN(C(C)C)CC1. The molecule has 1 rings (SSSR count). The van der Waals surface area contributed by atoms with Gasteiger partial charge in [-0.25, -0.2) is 0 Å². The van der Waals surface area contributed by atoms with Crippen LogP contribution < -0.4 is 5.32 Å². The standard InChI is InChI=1S/C13H28N2O/c1-4-16-11-8-14-13-6-5-9-15(10-7-13)12(2)3/h12-14H,4-11H2,1-3H3. The van der Waals surface area contributed by atoms with Gasteiger partial charge >= 0.3 is 0 Å². The van der Waals surface area contributed by atoms with Crippen molar-refractivity contribution in [2.45, 2.75) is 52.1 Å². The average molecular weight is 228 g/mol. The molecule has 0 radical (unpaired) electrons. The summed E-state index contributed by atoms with van der Waals surface area (Å²) < 4.78 is 5.34. The topological polar surface area (TPSA) is 24.5 Å². The molecule has 0 saturated carbocycles. The Kier molecular flexibility index (Phi) is 7.01. The number of nitrogens with zero attached hydrogens (tertiary/aromatic N) is 1. The lowest BCUT2D eigenvalue weighted by atomic mass is 10.1. The van der Waals surface area contributed by atoms with E-state index < -0.39 is 0 Å². The number of likely N-dealkylation sites (tertiary alicyclic amines) is 1. The maximum absolute atomic E-state index is 5.34. The molecule has 1 fully saturated rings. The van der Waals surface area contributed by atoms with Crippen molar-refractivity contribution in [3.8, 4) is 0 Å². The van der Waals surface area contributed by atoms with Gasteiger partial charge < -0.3 is 15.0 Å². The molecule has 1 aliphatic heterocycles. The van der Waals surface area contributed by atoms with Crippen molar-refractivity contribution in [3.05, 3.63) is 0 Å². The molecule has 1 N–H and O–H groups in total. The highest BCUT2D eigenvalue weighted by molar-refractivity contribution is 4.76. The molecular weight excluding hydrogens is 200 g/mol. The Morgan fingerprint density at radius 2 is 2.12 bits per heavy atom. The van der Waals surface area contributed by atoms with Gasteiger partial charge in [0, 0.05) is 25.2 Å². The van der Waals surface area contributed by atoms with E-state index in [1.165, 1.54) is 32.4 Å². The van der Waals surface area contributed by atoms with Crippen LogP contribution in [0, 0.1) is 0 Å². The van der Waals surface area contributed by atoms with Crippen LogP contribution in [0.3, 0.4) is 0 Å². The first-order chi connectivity index (χ1) is 7.74. The molecule has 0 aromatic rings. The molecule has 1 atom stereocenters. The zero-order valence-electron chi connectivity index (χ0n) is 11.2. The Balaban J connectivity index is 2.15. The van der Waals surface area contributed by atoms with Gasteiger partial charge in [0.15, 0.2) is 0 Å². The minimum Gasteiger partial charge on any atom is -0.380 e. The molecule has 1 aliphatic rings. The van der Waals surface area contributed by atoms with Gasteiger partial charge in [-0.05, 0) is 53.1 Å². The summed E-state index contributed by atoms with van der Waals surface area (Å²) in [5, 5.41) is 3.60. The summed E-state index contributed by atoms with van der Waals surface area (Å²) in [5.41, 5.74) is 0. The quantitative estimate of drug-likeness (QED) is 0.703. The predicted octanol–water partition coefficient (Wildman–Crippen LogP) is 1.88. The van der Waals surface area contributed by atoms with Crippen LogP contribution in [0.5, 0.6) is 0 Å². The summed E-state index contributed by atoms with van der Waals surface area (Å²) in [7, 11) is 0. The monoisotopic (exact) mass is 228 g/mol. The van der Waals surface area contributed by atoms with E-state index in [4.69, 9.17) is 4.74 Å². The van der Waals surface area contributed by atoms with Crippen LogP contribution in [-0.4, -0.2) is 49.8 Å². The fourth-order valence-electron chi connectivity index (χ4n) is 2.32. The van der Waals surface area contributed by atoms with Crippen molar-refractivity contribution >= 4 is 0 Å². The van der Waals surface area contributed by atoms with Gasteiger partial charge in [-0.1, -0.05) is 0 Å². The molecule has 96 valence electrons. The van der Waals surface area contributed by atoms with Gasteiger partial charge in [0.25, 0.3) is 0 Å². The summed E-state index contributed by atoms with van der Waals surface area (Å²) in [6, 6.07) is 1.39. The molecule has 0 aromatic carbocycles. The van der Waals surface area contributed by atoms with Crippen molar-refractivity contribution in [2.24, 2.45) is 0 Å². The highest BCUT2D eigenvalue weighted by Gasteiger charge is 2.17. The summed E-state index contributed by atoms with van der Waals surface area (Å²) in [6.07, 6.45) is 3.92.